The molecule has 0 saturated heterocycles. The number of nitrogen functional groups attached to an aromatic ring is 1. The summed E-state index contributed by atoms with van der Waals surface area (Å²) in [6.07, 6.45) is 1.60. The molecule has 2 aromatic heterocycles. The van der Waals surface area contributed by atoms with Crippen LogP contribution in [0.15, 0.2) is 29.2 Å². The molecule has 0 spiro atoms. The molecular formula is C8H7N5O. The first kappa shape index (κ1) is 8.36. The Kier molecular flexibility index (Phi) is 1.94. The molecule has 0 fully saturated rings. The lowest BCUT2D eigenvalue weighted by Crippen LogP contribution is -2.15. The van der Waals surface area contributed by atoms with Gasteiger partial charge in [0.25, 0.3) is 0 Å². The van der Waals surface area contributed by atoms with Crippen molar-refractivity contribution < 1.29 is 0 Å². The highest BCUT2D eigenvalue weighted by atomic mass is 16.1. The number of aromatic nitrogens is 4. The van der Waals surface area contributed by atoms with Crippen LogP contribution < -0.4 is 11.4 Å². The number of H-pyrrole nitrogens is 1. The fourth-order valence-corrected chi connectivity index (χ4v) is 1.02. The first-order chi connectivity index (χ1) is 6.75. The lowest BCUT2D eigenvalue weighted by Gasteiger charge is -1.98. The van der Waals surface area contributed by atoms with Gasteiger partial charge in [0.15, 0.2) is 5.82 Å². The average Bonchev–Trinajstić information content (AvgIpc) is 2.18. The summed E-state index contributed by atoms with van der Waals surface area (Å²) < 4.78 is 0. The van der Waals surface area contributed by atoms with E-state index in [1.165, 1.54) is 0 Å². The number of hydrogen-bond donors (Lipinski definition) is 2. The highest BCUT2D eigenvalue weighted by molar-refractivity contribution is 5.48. The van der Waals surface area contributed by atoms with E-state index in [0.29, 0.717) is 11.5 Å². The molecule has 0 atom stereocenters. The van der Waals surface area contributed by atoms with Gasteiger partial charge in [0.05, 0.1) is 0 Å². The summed E-state index contributed by atoms with van der Waals surface area (Å²) in [7, 11) is 0. The number of aromatic amines is 1. The van der Waals surface area contributed by atoms with Crippen LogP contribution >= 0.6 is 0 Å². The normalized spacial score (nSPS) is 10.0. The van der Waals surface area contributed by atoms with Gasteiger partial charge in [-0.15, -0.1) is 0 Å². The standard InChI is InChI=1S/C8H7N5O/c9-7-11-6(12-8(14)13-7)5-3-1-2-4-10-5/h1-4H,(H3,9,11,12,13,14). The molecule has 0 unspecified atom stereocenters. The molecule has 6 heteroatoms. The first-order valence-electron chi connectivity index (χ1n) is 3.91. The number of hydrogen-bond acceptors (Lipinski definition) is 5. The fourth-order valence-electron chi connectivity index (χ4n) is 1.02. The Labute approximate surface area is 78.9 Å². The summed E-state index contributed by atoms with van der Waals surface area (Å²) in [5, 5.41) is 0. The summed E-state index contributed by atoms with van der Waals surface area (Å²) in [5.74, 6) is 0.262. The minimum Gasteiger partial charge on any atom is -0.368 e. The average molecular weight is 189 g/mol. The maximum atomic E-state index is 11.0. The maximum Gasteiger partial charge on any atom is 0.349 e. The molecule has 0 aliphatic rings. The fraction of sp³-hybridized carbons (Fsp3) is 0. The van der Waals surface area contributed by atoms with Gasteiger partial charge >= 0.3 is 5.69 Å². The third kappa shape index (κ3) is 1.58. The highest BCUT2D eigenvalue weighted by Gasteiger charge is 2.02. The maximum absolute atomic E-state index is 11.0. The highest BCUT2D eigenvalue weighted by Crippen LogP contribution is 2.07. The van der Waals surface area contributed by atoms with Gasteiger partial charge in [0, 0.05) is 6.20 Å². The molecule has 70 valence electrons. The van der Waals surface area contributed by atoms with Gasteiger partial charge in [-0.3, -0.25) is 9.97 Å². The minimum atomic E-state index is -0.529. The zero-order valence-electron chi connectivity index (χ0n) is 7.14. The van der Waals surface area contributed by atoms with E-state index in [0.717, 1.165) is 0 Å². The smallest absolute Gasteiger partial charge is 0.349 e. The number of nitrogens with one attached hydrogen (secondary N) is 1. The van der Waals surface area contributed by atoms with Crippen molar-refractivity contribution in [3.05, 3.63) is 34.9 Å². The van der Waals surface area contributed by atoms with Gasteiger partial charge < -0.3 is 5.73 Å². The summed E-state index contributed by atoms with van der Waals surface area (Å²) >= 11 is 0. The van der Waals surface area contributed by atoms with Crippen molar-refractivity contribution in [3.63, 3.8) is 0 Å². The van der Waals surface area contributed by atoms with Crippen molar-refractivity contribution >= 4 is 5.95 Å². The second-order valence-corrected chi connectivity index (χ2v) is 2.58. The molecule has 3 N–H and O–H groups in total. The monoisotopic (exact) mass is 189 g/mol. The van der Waals surface area contributed by atoms with Crippen LogP contribution in [0.25, 0.3) is 11.5 Å². The molecule has 6 nitrogen and oxygen atoms in total. The molecule has 0 amide bonds. The Morgan fingerprint density at radius 2 is 2.14 bits per heavy atom. The Bertz CT molecular complexity index is 493. The zero-order chi connectivity index (χ0) is 9.97. The predicted octanol–water partition coefficient (Wildman–Crippen LogP) is -0.191. The van der Waals surface area contributed by atoms with Crippen LogP contribution in [0, 0.1) is 0 Å². The SMILES string of the molecule is Nc1nc(-c2ccccn2)[nH]c(=O)n1. The van der Waals surface area contributed by atoms with Crippen molar-refractivity contribution in [1.82, 2.24) is 19.9 Å². The van der Waals surface area contributed by atoms with Crippen LogP contribution in [0.4, 0.5) is 5.95 Å². The Morgan fingerprint density at radius 3 is 2.79 bits per heavy atom. The van der Waals surface area contributed by atoms with Gasteiger partial charge in [0.2, 0.25) is 5.95 Å². The predicted molar refractivity (Wildman–Crippen MR) is 50.3 cm³/mol. The number of anilines is 1. The Hall–Kier alpha value is -2.24. The third-order valence-electron chi connectivity index (χ3n) is 1.58. The second-order valence-electron chi connectivity index (χ2n) is 2.58. The first-order valence-corrected chi connectivity index (χ1v) is 3.91. The van der Waals surface area contributed by atoms with E-state index in [-0.39, 0.29) is 5.95 Å². The summed E-state index contributed by atoms with van der Waals surface area (Å²) in [6.45, 7) is 0. The van der Waals surface area contributed by atoms with Gasteiger partial charge in [0.1, 0.15) is 5.69 Å². The van der Waals surface area contributed by atoms with Gasteiger partial charge in [-0.1, -0.05) is 6.07 Å². The number of pyridine rings is 1. The largest absolute Gasteiger partial charge is 0.368 e. The molecule has 0 aliphatic carbocycles. The van der Waals surface area contributed by atoms with Crippen molar-refractivity contribution in [2.45, 2.75) is 0 Å². The quantitative estimate of drug-likeness (QED) is 0.647. The van der Waals surface area contributed by atoms with Crippen LogP contribution in [0.2, 0.25) is 0 Å². The molecule has 0 aliphatic heterocycles. The number of nitrogens with two attached hydrogens (primary N) is 1. The van der Waals surface area contributed by atoms with Gasteiger partial charge in [-0.05, 0) is 12.1 Å². The molecule has 2 heterocycles. The summed E-state index contributed by atoms with van der Waals surface area (Å²) in [5.41, 5.74) is 5.35. The third-order valence-corrected chi connectivity index (χ3v) is 1.58. The van der Waals surface area contributed by atoms with Crippen molar-refractivity contribution in [1.29, 1.82) is 0 Å². The van der Waals surface area contributed by atoms with E-state index in [9.17, 15) is 4.79 Å². The Balaban J connectivity index is 2.58. The number of nitrogens with zero attached hydrogens (tertiary/aromatic N) is 3. The van der Waals surface area contributed by atoms with E-state index in [1.807, 2.05) is 0 Å². The molecule has 0 bridgehead atoms. The van der Waals surface area contributed by atoms with Crippen LogP contribution in [0.5, 0.6) is 0 Å². The van der Waals surface area contributed by atoms with E-state index in [1.54, 1.807) is 24.4 Å². The summed E-state index contributed by atoms with van der Waals surface area (Å²) in [4.78, 5) is 24.7. The van der Waals surface area contributed by atoms with Crippen LogP contribution in [-0.4, -0.2) is 19.9 Å². The van der Waals surface area contributed by atoms with E-state index >= 15 is 0 Å². The topological polar surface area (TPSA) is 97.5 Å². The lowest BCUT2D eigenvalue weighted by atomic mass is 10.3. The molecular weight excluding hydrogens is 182 g/mol. The molecule has 14 heavy (non-hydrogen) atoms. The second kappa shape index (κ2) is 3.25. The number of rotatable bonds is 1. The van der Waals surface area contributed by atoms with Gasteiger partial charge in [-0.25, -0.2) is 4.79 Å². The molecule has 2 aromatic rings. The van der Waals surface area contributed by atoms with Crippen molar-refractivity contribution in [3.8, 4) is 11.5 Å². The van der Waals surface area contributed by atoms with E-state index < -0.39 is 5.69 Å². The Morgan fingerprint density at radius 1 is 1.29 bits per heavy atom. The van der Waals surface area contributed by atoms with Crippen LogP contribution in [0.1, 0.15) is 0 Å². The molecule has 0 radical (unpaired) electrons. The van der Waals surface area contributed by atoms with E-state index in [2.05, 4.69) is 19.9 Å². The molecule has 0 saturated carbocycles. The van der Waals surface area contributed by atoms with Crippen LogP contribution in [-0.2, 0) is 0 Å². The zero-order valence-corrected chi connectivity index (χ0v) is 7.14. The molecule has 2 rings (SSSR count). The minimum absolute atomic E-state index is 0.0607. The summed E-state index contributed by atoms with van der Waals surface area (Å²) in [6, 6.07) is 5.28. The van der Waals surface area contributed by atoms with Crippen molar-refractivity contribution in [2.75, 3.05) is 5.73 Å². The van der Waals surface area contributed by atoms with Crippen molar-refractivity contribution in [2.24, 2.45) is 0 Å². The molecule has 0 aromatic carbocycles. The van der Waals surface area contributed by atoms with Gasteiger partial charge in [-0.2, -0.15) is 9.97 Å². The van der Waals surface area contributed by atoms with E-state index in [4.69, 9.17) is 5.73 Å². The van der Waals surface area contributed by atoms with Crippen LogP contribution in [0.3, 0.4) is 0 Å². The lowest BCUT2D eigenvalue weighted by molar-refractivity contribution is 0.999.